The smallest absolute Gasteiger partial charge is 0.342 e. The second kappa shape index (κ2) is 11.1. The van der Waals surface area contributed by atoms with Gasteiger partial charge in [-0.25, -0.2) is 29.3 Å². The zero-order valence-electron chi connectivity index (χ0n) is 20.7. The van der Waals surface area contributed by atoms with Crippen LogP contribution in [0.5, 0.6) is 0 Å². The lowest BCUT2D eigenvalue weighted by Gasteiger charge is -2.16. The summed E-state index contributed by atoms with van der Waals surface area (Å²) >= 11 is 1.17. The van der Waals surface area contributed by atoms with Crippen molar-refractivity contribution in [1.29, 1.82) is 0 Å². The first-order valence-electron chi connectivity index (χ1n) is 11.1. The molecule has 0 spiro atoms. The van der Waals surface area contributed by atoms with Crippen LogP contribution in [0.4, 0.5) is 15.0 Å². The van der Waals surface area contributed by atoms with Crippen molar-refractivity contribution < 1.29 is 28.2 Å². The number of urea groups is 1. The first-order chi connectivity index (χ1) is 18.3. The standard InChI is InChI=1S/C24H22FN7O5S/c1-5-26-24(35)31-20-18(23(34)37-4)17(21-30-16(11-38-21)13-8-29-32(2)10-13)15(9-28-20)14-6-12(22(33)36-3)7-27-19(14)25/h6-11H,5H2,1-4H3,(H2,26,28,31,35). The number of methoxy groups -OCH3 is 2. The summed E-state index contributed by atoms with van der Waals surface area (Å²) in [5, 5.41) is 11.3. The molecule has 0 aliphatic carbocycles. The van der Waals surface area contributed by atoms with E-state index in [0.717, 1.165) is 13.3 Å². The Morgan fingerprint density at radius 3 is 2.50 bits per heavy atom. The molecule has 0 saturated heterocycles. The van der Waals surface area contributed by atoms with Gasteiger partial charge in [-0.15, -0.1) is 11.3 Å². The highest BCUT2D eigenvalue weighted by Gasteiger charge is 2.28. The number of halogens is 1. The summed E-state index contributed by atoms with van der Waals surface area (Å²) in [6.07, 6.45) is 5.68. The summed E-state index contributed by atoms with van der Waals surface area (Å²) < 4.78 is 26.5. The third kappa shape index (κ3) is 5.20. The zero-order valence-corrected chi connectivity index (χ0v) is 21.6. The number of ether oxygens (including phenoxy) is 2. The zero-order chi connectivity index (χ0) is 27.4. The van der Waals surface area contributed by atoms with Crippen LogP contribution in [-0.2, 0) is 16.5 Å². The number of pyridine rings is 2. The maximum Gasteiger partial charge on any atom is 0.342 e. The lowest BCUT2D eigenvalue weighted by atomic mass is 9.97. The van der Waals surface area contributed by atoms with E-state index in [1.165, 1.54) is 30.7 Å². The number of nitrogens with zero attached hydrogens (tertiary/aromatic N) is 5. The highest BCUT2D eigenvalue weighted by molar-refractivity contribution is 7.13. The predicted molar refractivity (Wildman–Crippen MR) is 136 cm³/mol. The predicted octanol–water partition coefficient (Wildman–Crippen LogP) is 3.52. The van der Waals surface area contributed by atoms with Gasteiger partial charge < -0.3 is 14.8 Å². The number of esters is 2. The minimum absolute atomic E-state index is 0.0193. The molecule has 38 heavy (non-hydrogen) atoms. The van der Waals surface area contributed by atoms with Gasteiger partial charge in [0.1, 0.15) is 16.4 Å². The van der Waals surface area contributed by atoms with Crippen LogP contribution in [0.2, 0.25) is 0 Å². The van der Waals surface area contributed by atoms with Crippen molar-refractivity contribution in [3.05, 3.63) is 53.3 Å². The lowest BCUT2D eigenvalue weighted by molar-refractivity contribution is 0.0592. The molecule has 196 valence electrons. The molecule has 4 heterocycles. The SMILES string of the molecule is CCNC(=O)Nc1ncc(-c2cc(C(=O)OC)cnc2F)c(-c2nc(-c3cnn(C)c3)cs2)c1C(=O)OC. The number of nitrogens with one attached hydrogen (secondary N) is 2. The average Bonchev–Trinajstić information content (AvgIpc) is 3.57. The number of thiazole rings is 1. The Kier molecular flexibility index (Phi) is 7.71. The van der Waals surface area contributed by atoms with Crippen molar-refractivity contribution in [3.8, 4) is 33.0 Å². The number of hydrogen-bond donors (Lipinski definition) is 2. The molecule has 4 aromatic rings. The minimum Gasteiger partial charge on any atom is -0.465 e. The Morgan fingerprint density at radius 2 is 1.84 bits per heavy atom. The average molecular weight is 540 g/mol. The third-order valence-corrected chi connectivity index (χ3v) is 6.17. The monoisotopic (exact) mass is 539 g/mol. The molecule has 2 amide bonds. The highest BCUT2D eigenvalue weighted by atomic mass is 32.1. The van der Waals surface area contributed by atoms with Crippen LogP contribution in [0, 0.1) is 5.95 Å². The molecule has 0 aliphatic rings. The van der Waals surface area contributed by atoms with Crippen LogP contribution in [0.1, 0.15) is 27.6 Å². The van der Waals surface area contributed by atoms with E-state index in [0.29, 0.717) is 22.8 Å². The number of amides is 2. The van der Waals surface area contributed by atoms with Crippen LogP contribution >= 0.6 is 11.3 Å². The maximum atomic E-state index is 15.1. The molecule has 4 rings (SSSR count). The van der Waals surface area contributed by atoms with E-state index in [1.54, 1.807) is 36.4 Å². The van der Waals surface area contributed by atoms with Gasteiger partial charge in [-0.1, -0.05) is 0 Å². The van der Waals surface area contributed by atoms with Crippen LogP contribution in [0.25, 0.3) is 33.0 Å². The van der Waals surface area contributed by atoms with Crippen molar-refractivity contribution in [1.82, 2.24) is 30.0 Å². The molecule has 12 nitrogen and oxygen atoms in total. The normalized spacial score (nSPS) is 10.7. The number of anilines is 1. The van der Waals surface area contributed by atoms with E-state index >= 15 is 4.39 Å². The molecule has 14 heteroatoms. The van der Waals surface area contributed by atoms with Gasteiger partial charge in [0.2, 0.25) is 5.95 Å². The summed E-state index contributed by atoms with van der Waals surface area (Å²) in [6, 6.07) is 0.627. The number of rotatable bonds is 7. The van der Waals surface area contributed by atoms with Crippen molar-refractivity contribution in [2.75, 3.05) is 26.1 Å². The minimum atomic E-state index is -0.926. The van der Waals surface area contributed by atoms with E-state index in [2.05, 4.69) is 30.7 Å². The summed E-state index contributed by atoms with van der Waals surface area (Å²) in [4.78, 5) is 50.1. The van der Waals surface area contributed by atoms with E-state index in [9.17, 15) is 14.4 Å². The van der Waals surface area contributed by atoms with Gasteiger partial charge in [-0.2, -0.15) is 9.49 Å². The maximum absolute atomic E-state index is 15.1. The summed E-state index contributed by atoms with van der Waals surface area (Å²) in [6.45, 7) is 2.05. The molecule has 0 saturated carbocycles. The molecule has 0 fully saturated rings. The van der Waals surface area contributed by atoms with Crippen molar-refractivity contribution in [2.24, 2.45) is 7.05 Å². The van der Waals surface area contributed by atoms with E-state index in [-0.39, 0.29) is 33.6 Å². The number of aromatic nitrogens is 5. The first kappa shape index (κ1) is 26.3. The van der Waals surface area contributed by atoms with Gasteiger partial charge >= 0.3 is 18.0 Å². The highest BCUT2D eigenvalue weighted by Crippen LogP contribution is 2.41. The quantitative estimate of drug-likeness (QED) is 0.266. The molecular weight excluding hydrogens is 517 g/mol. The van der Waals surface area contributed by atoms with E-state index in [4.69, 9.17) is 9.47 Å². The Morgan fingerprint density at radius 1 is 1.08 bits per heavy atom. The van der Waals surface area contributed by atoms with Crippen molar-refractivity contribution in [3.63, 3.8) is 0 Å². The van der Waals surface area contributed by atoms with Crippen LogP contribution in [0.3, 0.4) is 0 Å². The topological polar surface area (TPSA) is 150 Å². The molecule has 0 aromatic carbocycles. The number of carbonyl (C=O) groups is 3. The first-order valence-corrected chi connectivity index (χ1v) is 12.0. The van der Waals surface area contributed by atoms with E-state index in [1.807, 2.05) is 0 Å². The molecular formula is C24H22FN7O5S. The van der Waals surface area contributed by atoms with Crippen molar-refractivity contribution >= 4 is 35.1 Å². The Labute approximate surface area is 219 Å². The van der Waals surface area contributed by atoms with Crippen molar-refractivity contribution in [2.45, 2.75) is 6.92 Å². The molecule has 0 bridgehead atoms. The molecule has 4 aromatic heterocycles. The Balaban J connectivity index is 2.01. The second-order valence-electron chi connectivity index (χ2n) is 7.74. The fourth-order valence-corrected chi connectivity index (χ4v) is 4.48. The number of hydrogen-bond acceptors (Lipinski definition) is 10. The fraction of sp³-hybridized carbons (Fsp3) is 0.208. The molecule has 0 atom stereocenters. The van der Waals surface area contributed by atoms with Gasteiger partial charge in [0.05, 0.1) is 31.7 Å². The van der Waals surface area contributed by atoms with Gasteiger partial charge in [-0.05, 0) is 13.0 Å². The van der Waals surface area contributed by atoms with Gasteiger partial charge in [0.15, 0.2) is 0 Å². The molecule has 0 unspecified atom stereocenters. The molecule has 0 radical (unpaired) electrons. The summed E-state index contributed by atoms with van der Waals surface area (Å²) in [5.74, 6) is -2.64. The Hall–Kier alpha value is -4.72. The van der Waals surface area contributed by atoms with Gasteiger partial charge in [0.25, 0.3) is 0 Å². The largest absolute Gasteiger partial charge is 0.465 e. The lowest BCUT2D eigenvalue weighted by Crippen LogP contribution is -2.29. The fourth-order valence-electron chi connectivity index (χ4n) is 3.59. The van der Waals surface area contributed by atoms with E-state index < -0.39 is 23.9 Å². The van der Waals surface area contributed by atoms with Crippen LogP contribution < -0.4 is 10.6 Å². The van der Waals surface area contributed by atoms with Crippen LogP contribution in [-0.4, -0.2) is 63.5 Å². The number of aryl methyl sites for hydroxylation is 1. The second-order valence-corrected chi connectivity index (χ2v) is 8.60. The van der Waals surface area contributed by atoms with Gasteiger partial charge in [0, 0.05) is 59.8 Å². The Bertz CT molecular complexity index is 1530. The third-order valence-electron chi connectivity index (χ3n) is 5.31. The van der Waals surface area contributed by atoms with Crippen LogP contribution in [0.15, 0.2) is 36.2 Å². The summed E-state index contributed by atoms with van der Waals surface area (Å²) in [7, 11) is 4.11. The molecule has 0 aliphatic heterocycles. The number of carbonyl (C=O) groups excluding carboxylic acids is 3. The molecule has 2 N–H and O–H groups in total. The summed E-state index contributed by atoms with van der Waals surface area (Å²) in [5.41, 5.74) is 1.17. The van der Waals surface area contributed by atoms with Gasteiger partial charge in [-0.3, -0.25) is 10.00 Å².